The molecule has 0 amide bonds. The fourth-order valence-corrected chi connectivity index (χ4v) is 6.74. The first-order valence-electron chi connectivity index (χ1n) is 12.0. The van der Waals surface area contributed by atoms with Crippen molar-refractivity contribution in [2.45, 2.75) is 48.0 Å². The Morgan fingerprint density at radius 3 is 1.74 bits per heavy atom. The lowest BCUT2D eigenvalue weighted by Gasteiger charge is -2.26. The fraction of sp³-hybridized carbons (Fsp3) is 0.194. The molecule has 0 aromatic heterocycles. The molecule has 4 aromatic carbocycles. The third-order valence-electron chi connectivity index (χ3n) is 6.01. The molecule has 0 heterocycles. The highest BCUT2D eigenvalue weighted by atomic mass is 127. The van der Waals surface area contributed by atoms with Gasteiger partial charge < -0.3 is 9.47 Å². The third kappa shape index (κ3) is 6.74. The first-order valence-corrected chi connectivity index (χ1v) is 14.3. The topological polar surface area (TPSA) is 35.5 Å². The molecule has 0 aliphatic carbocycles. The fourth-order valence-electron chi connectivity index (χ4n) is 4.16. The van der Waals surface area contributed by atoms with Crippen molar-refractivity contribution in [3.8, 4) is 5.75 Å². The zero-order chi connectivity index (χ0) is 27.4. The summed E-state index contributed by atoms with van der Waals surface area (Å²) in [7, 11) is -0.590. The van der Waals surface area contributed by atoms with Gasteiger partial charge in [-0.15, -0.1) is 0 Å². The molecule has 0 fully saturated rings. The normalized spacial score (nSPS) is 11.5. The molecule has 0 aliphatic heterocycles. The highest BCUT2D eigenvalue weighted by Gasteiger charge is 2.31. The SMILES string of the molecule is Cc1cc([S+](c2ccc(F)cc2)c2ccc(F)cc2)cc(C)c1OCC(=O)OC(C)(C)c1ccc(I)cc1. The van der Waals surface area contributed by atoms with E-state index in [9.17, 15) is 13.6 Å². The number of ether oxygens (including phenoxy) is 2. The predicted octanol–water partition coefficient (Wildman–Crippen LogP) is 8.14. The largest absolute Gasteiger partial charge is 0.481 e. The minimum Gasteiger partial charge on any atom is -0.481 e. The van der Waals surface area contributed by atoms with Crippen molar-refractivity contribution >= 4 is 39.5 Å². The molecule has 0 unspecified atom stereocenters. The van der Waals surface area contributed by atoms with Gasteiger partial charge in [-0.1, -0.05) is 12.1 Å². The van der Waals surface area contributed by atoms with Crippen molar-refractivity contribution < 1.29 is 23.0 Å². The maximum absolute atomic E-state index is 13.7. The molecule has 0 spiro atoms. The highest BCUT2D eigenvalue weighted by molar-refractivity contribution is 14.1. The standard InChI is InChI=1S/C31H28F2IO3S/c1-20-17-28(38(26-13-7-23(32)8-14-26)27-15-9-24(33)10-16-27)18-21(2)30(20)36-19-29(35)37-31(3,4)22-5-11-25(34)12-6-22/h5-18H,19H2,1-4H3/q+1. The molecule has 4 rings (SSSR count). The molecule has 3 nitrogen and oxygen atoms in total. The van der Waals surface area contributed by atoms with E-state index in [1.54, 1.807) is 24.3 Å². The quantitative estimate of drug-likeness (QED) is 0.110. The van der Waals surface area contributed by atoms with Crippen molar-refractivity contribution in [1.29, 1.82) is 0 Å². The molecule has 0 radical (unpaired) electrons. The Balaban J connectivity index is 1.55. The summed E-state index contributed by atoms with van der Waals surface area (Å²) in [5, 5.41) is 0. The molecule has 0 N–H and O–H groups in total. The molecule has 0 saturated heterocycles. The van der Waals surface area contributed by atoms with Gasteiger partial charge in [0.2, 0.25) is 0 Å². The number of hydrogen-bond acceptors (Lipinski definition) is 3. The summed E-state index contributed by atoms with van der Waals surface area (Å²) < 4.78 is 40.1. The molecule has 196 valence electrons. The van der Waals surface area contributed by atoms with Gasteiger partial charge in [-0.25, -0.2) is 13.6 Å². The van der Waals surface area contributed by atoms with E-state index in [1.807, 2.05) is 64.1 Å². The van der Waals surface area contributed by atoms with E-state index < -0.39 is 22.5 Å². The van der Waals surface area contributed by atoms with E-state index in [0.29, 0.717) is 5.75 Å². The van der Waals surface area contributed by atoms with Gasteiger partial charge in [0.25, 0.3) is 0 Å². The Hall–Kier alpha value is -2.91. The van der Waals surface area contributed by atoms with Gasteiger partial charge in [0, 0.05) is 15.7 Å². The molecule has 7 heteroatoms. The Kier molecular flexibility index (Phi) is 8.78. The summed E-state index contributed by atoms with van der Waals surface area (Å²) in [4.78, 5) is 15.5. The highest BCUT2D eigenvalue weighted by Crippen LogP contribution is 2.36. The molecule has 0 bridgehead atoms. The van der Waals surface area contributed by atoms with Crippen LogP contribution in [0.5, 0.6) is 5.75 Å². The van der Waals surface area contributed by atoms with Gasteiger partial charge in [-0.3, -0.25) is 0 Å². The third-order valence-corrected chi connectivity index (χ3v) is 8.92. The second-order valence-corrected chi connectivity index (χ2v) is 12.7. The van der Waals surface area contributed by atoms with E-state index in [-0.39, 0.29) is 18.2 Å². The van der Waals surface area contributed by atoms with Crippen LogP contribution >= 0.6 is 22.6 Å². The molecular formula is C31H28F2IO3S+. The van der Waals surface area contributed by atoms with Crippen LogP contribution in [0.25, 0.3) is 0 Å². The van der Waals surface area contributed by atoms with Crippen LogP contribution < -0.4 is 4.74 Å². The molecule has 0 atom stereocenters. The number of carbonyl (C=O) groups is 1. The lowest BCUT2D eigenvalue weighted by molar-refractivity contribution is -0.159. The lowest BCUT2D eigenvalue weighted by Crippen LogP contribution is -2.28. The van der Waals surface area contributed by atoms with Crippen molar-refractivity contribution in [2.75, 3.05) is 6.61 Å². The summed E-state index contributed by atoms with van der Waals surface area (Å²) in [5.74, 6) is -0.484. The number of hydrogen-bond donors (Lipinski definition) is 0. The summed E-state index contributed by atoms with van der Waals surface area (Å²) >= 11 is 2.23. The summed E-state index contributed by atoms with van der Waals surface area (Å²) in [6.45, 7) is 7.32. The van der Waals surface area contributed by atoms with Crippen LogP contribution in [0, 0.1) is 29.1 Å². The van der Waals surface area contributed by atoms with Gasteiger partial charge in [-0.2, -0.15) is 0 Å². The first-order chi connectivity index (χ1) is 18.0. The second-order valence-electron chi connectivity index (χ2n) is 9.38. The average molecular weight is 646 g/mol. The van der Waals surface area contributed by atoms with Crippen LogP contribution in [0.1, 0.15) is 30.5 Å². The smallest absolute Gasteiger partial charge is 0.345 e. The molecular weight excluding hydrogens is 617 g/mol. The van der Waals surface area contributed by atoms with E-state index in [0.717, 1.165) is 34.9 Å². The zero-order valence-corrected chi connectivity index (χ0v) is 24.5. The van der Waals surface area contributed by atoms with Crippen molar-refractivity contribution in [2.24, 2.45) is 0 Å². The number of aryl methyl sites for hydroxylation is 2. The van der Waals surface area contributed by atoms with Crippen LogP contribution in [0.3, 0.4) is 0 Å². The summed E-state index contributed by atoms with van der Waals surface area (Å²) in [6, 6.07) is 24.6. The Bertz CT molecular complexity index is 1350. The van der Waals surface area contributed by atoms with Crippen LogP contribution in [0.15, 0.2) is 99.6 Å². The van der Waals surface area contributed by atoms with Gasteiger partial charge in [0.1, 0.15) is 23.0 Å². The second kappa shape index (κ2) is 11.9. The monoisotopic (exact) mass is 645 g/mol. The molecule has 0 saturated carbocycles. The summed E-state index contributed by atoms with van der Waals surface area (Å²) in [6.07, 6.45) is 0. The first kappa shape index (κ1) is 28.1. The van der Waals surface area contributed by atoms with Crippen LogP contribution in [0.2, 0.25) is 0 Å². The maximum atomic E-state index is 13.7. The Morgan fingerprint density at radius 2 is 1.26 bits per heavy atom. The minimum atomic E-state index is -0.794. The van der Waals surface area contributed by atoms with Crippen LogP contribution in [0.4, 0.5) is 8.78 Å². The number of benzene rings is 4. The number of esters is 1. The lowest BCUT2D eigenvalue weighted by atomic mass is 9.98. The van der Waals surface area contributed by atoms with E-state index in [1.165, 1.54) is 24.3 Å². The van der Waals surface area contributed by atoms with Crippen molar-refractivity contribution in [1.82, 2.24) is 0 Å². The summed E-state index contributed by atoms with van der Waals surface area (Å²) in [5.41, 5.74) is 1.81. The van der Waals surface area contributed by atoms with Crippen LogP contribution in [-0.4, -0.2) is 12.6 Å². The van der Waals surface area contributed by atoms with Gasteiger partial charge >= 0.3 is 5.97 Å². The predicted molar refractivity (Wildman–Crippen MR) is 155 cm³/mol. The Morgan fingerprint density at radius 1 is 0.789 bits per heavy atom. The maximum Gasteiger partial charge on any atom is 0.345 e. The van der Waals surface area contributed by atoms with Crippen LogP contribution in [-0.2, 0) is 26.0 Å². The number of rotatable bonds is 8. The average Bonchev–Trinajstić information content (AvgIpc) is 2.86. The minimum absolute atomic E-state index is 0.226. The van der Waals surface area contributed by atoms with E-state index in [4.69, 9.17) is 9.47 Å². The zero-order valence-electron chi connectivity index (χ0n) is 21.6. The van der Waals surface area contributed by atoms with E-state index >= 15 is 0 Å². The van der Waals surface area contributed by atoms with Crippen molar-refractivity contribution in [3.63, 3.8) is 0 Å². The van der Waals surface area contributed by atoms with Crippen molar-refractivity contribution in [3.05, 3.63) is 117 Å². The van der Waals surface area contributed by atoms with Gasteiger partial charge in [0.15, 0.2) is 21.3 Å². The van der Waals surface area contributed by atoms with E-state index in [2.05, 4.69) is 22.6 Å². The Labute approximate surface area is 238 Å². The van der Waals surface area contributed by atoms with Gasteiger partial charge in [-0.05, 0) is 128 Å². The van der Waals surface area contributed by atoms with Gasteiger partial charge in [0.05, 0.1) is 10.9 Å². The molecule has 0 aliphatic rings. The molecule has 38 heavy (non-hydrogen) atoms. The molecule has 4 aromatic rings. The number of carbonyl (C=O) groups excluding carboxylic acids is 1. The number of halogens is 3.